The minimum absolute atomic E-state index is 0.0545. The van der Waals surface area contributed by atoms with Crippen LogP contribution in [0, 0.1) is 23.7 Å². The normalized spacial score (nSPS) is 36.0. The lowest BCUT2D eigenvalue weighted by atomic mass is 9.85. The first-order valence-electron chi connectivity index (χ1n) is 8.83. The highest BCUT2D eigenvalue weighted by molar-refractivity contribution is 5.77. The van der Waals surface area contributed by atoms with Gasteiger partial charge in [0.05, 0.1) is 5.92 Å². The van der Waals surface area contributed by atoms with Gasteiger partial charge in [-0.15, -0.1) is 0 Å². The van der Waals surface area contributed by atoms with E-state index in [1.807, 2.05) is 6.92 Å². The molecule has 4 atom stereocenters. The Morgan fingerprint density at radius 2 is 1.82 bits per heavy atom. The van der Waals surface area contributed by atoms with E-state index >= 15 is 0 Å². The number of rotatable bonds is 3. The van der Waals surface area contributed by atoms with Gasteiger partial charge < -0.3 is 15.3 Å². The Kier molecular flexibility index (Phi) is 4.59. The Balaban J connectivity index is 1.48. The largest absolute Gasteiger partial charge is 0.481 e. The zero-order valence-electron chi connectivity index (χ0n) is 13.5. The molecule has 0 spiro atoms. The zero-order chi connectivity index (χ0) is 15.7. The molecular formula is C17H28N2O3. The summed E-state index contributed by atoms with van der Waals surface area (Å²) in [7, 11) is 0. The smallest absolute Gasteiger partial charge is 0.317 e. The quantitative estimate of drug-likeness (QED) is 0.842. The Morgan fingerprint density at radius 1 is 1.09 bits per heavy atom. The van der Waals surface area contributed by atoms with Crippen molar-refractivity contribution in [2.45, 2.75) is 57.9 Å². The zero-order valence-corrected chi connectivity index (χ0v) is 13.5. The lowest BCUT2D eigenvalue weighted by molar-refractivity contribution is -0.143. The molecule has 124 valence electrons. The molecule has 0 aromatic carbocycles. The fraction of sp³-hybridized carbons (Fsp3) is 0.882. The van der Waals surface area contributed by atoms with Gasteiger partial charge in [0.25, 0.3) is 0 Å². The summed E-state index contributed by atoms with van der Waals surface area (Å²) in [4.78, 5) is 25.3. The van der Waals surface area contributed by atoms with E-state index in [0.717, 1.165) is 12.3 Å². The molecule has 5 heteroatoms. The number of carbonyl (C=O) groups excluding carboxylic acids is 1. The summed E-state index contributed by atoms with van der Waals surface area (Å²) in [6.45, 7) is 3.06. The van der Waals surface area contributed by atoms with Crippen molar-refractivity contribution in [3.05, 3.63) is 0 Å². The van der Waals surface area contributed by atoms with Gasteiger partial charge in [0.1, 0.15) is 0 Å². The number of aliphatic carboxylic acids is 1. The number of piperidine rings is 1. The summed E-state index contributed by atoms with van der Waals surface area (Å²) in [5.41, 5.74) is 0. The third-order valence-electron chi connectivity index (χ3n) is 5.70. The summed E-state index contributed by atoms with van der Waals surface area (Å²) in [5, 5.41) is 12.3. The van der Waals surface area contributed by atoms with Gasteiger partial charge in [0.2, 0.25) is 0 Å². The Hall–Kier alpha value is -1.26. The van der Waals surface area contributed by atoms with Crippen molar-refractivity contribution in [1.82, 2.24) is 10.2 Å². The molecule has 2 amide bonds. The van der Waals surface area contributed by atoms with Crippen LogP contribution in [0.1, 0.15) is 51.9 Å². The van der Waals surface area contributed by atoms with Gasteiger partial charge in [0, 0.05) is 19.1 Å². The maximum Gasteiger partial charge on any atom is 0.317 e. The van der Waals surface area contributed by atoms with E-state index in [0.29, 0.717) is 31.5 Å². The van der Waals surface area contributed by atoms with Gasteiger partial charge in [0.15, 0.2) is 0 Å². The summed E-state index contributed by atoms with van der Waals surface area (Å²) in [6.07, 6.45) is 8.47. The SMILES string of the molecule is CC1CC(C(=O)O)CN(C(=O)N[C@@H]2C[C@H]2C2CCCCC2)C1. The Morgan fingerprint density at radius 3 is 2.50 bits per heavy atom. The van der Waals surface area contributed by atoms with E-state index in [1.54, 1.807) is 4.90 Å². The van der Waals surface area contributed by atoms with Gasteiger partial charge >= 0.3 is 12.0 Å². The van der Waals surface area contributed by atoms with Crippen LogP contribution in [0.5, 0.6) is 0 Å². The lowest BCUT2D eigenvalue weighted by Crippen LogP contribution is -2.50. The molecule has 2 saturated carbocycles. The van der Waals surface area contributed by atoms with E-state index < -0.39 is 11.9 Å². The molecule has 22 heavy (non-hydrogen) atoms. The standard InChI is InChI=1S/C17H28N2O3/c1-11-7-13(16(20)21)10-19(9-11)17(22)18-15-8-14(15)12-5-3-2-4-6-12/h11-15H,2-10H2,1H3,(H,18,22)(H,20,21)/t11?,13?,14-,15+/m0/s1. The molecular weight excluding hydrogens is 280 g/mol. The van der Waals surface area contributed by atoms with Crippen molar-refractivity contribution >= 4 is 12.0 Å². The average molecular weight is 308 g/mol. The molecule has 2 N–H and O–H groups in total. The first-order chi connectivity index (χ1) is 10.5. The van der Waals surface area contributed by atoms with E-state index in [2.05, 4.69) is 5.32 Å². The second-order valence-corrected chi connectivity index (χ2v) is 7.63. The monoisotopic (exact) mass is 308 g/mol. The number of nitrogens with zero attached hydrogens (tertiary/aromatic N) is 1. The number of urea groups is 1. The van der Waals surface area contributed by atoms with Crippen molar-refractivity contribution < 1.29 is 14.7 Å². The van der Waals surface area contributed by atoms with Crippen molar-refractivity contribution in [2.24, 2.45) is 23.7 Å². The number of hydrogen-bond donors (Lipinski definition) is 2. The topological polar surface area (TPSA) is 69.6 Å². The van der Waals surface area contributed by atoms with E-state index in [9.17, 15) is 14.7 Å². The lowest BCUT2D eigenvalue weighted by Gasteiger charge is -2.34. The van der Waals surface area contributed by atoms with Crippen LogP contribution in [0.3, 0.4) is 0 Å². The first-order valence-corrected chi connectivity index (χ1v) is 8.83. The molecule has 2 aliphatic carbocycles. The second kappa shape index (κ2) is 6.47. The Labute approximate surface area is 132 Å². The summed E-state index contributed by atoms with van der Waals surface area (Å²) in [6, 6.07) is 0.275. The van der Waals surface area contributed by atoms with Gasteiger partial charge in [-0.1, -0.05) is 39.0 Å². The van der Waals surface area contributed by atoms with Gasteiger partial charge in [-0.05, 0) is 30.6 Å². The van der Waals surface area contributed by atoms with Crippen molar-refractivity contribution in [2.75, 3.05) is 13.1 Å². The van der Waals surface area contributed by atoms with Crippen LogP contribution in [-0.2, 0) is 4.79 Å². The highest BCUT2D eigenvalue weighted by Gasteiger charge is 2.44. The molecule has 3 aliphatic rings. The fourth-order valence-corrected chi connectivity index (χ4v) is 4.41. The number of carboxylic acids is 1. The van der Waals surface area contributed by atoms with Crippen LogP contribution in [0.15, 0.2) is 0 Å². The van der Waals surface area contributed by atoms with Crippen LogP contribution in [0.2, 0.25) is 0 Å². The molecule has 0 radical (unpaired) electrons. The number of carboxylic acid groups (broad SMARTS) is 1. The van der Waals surface area contributed by atoms with E-state index in [-0.39, 0.29) is 11.9 Å². The minimum atomic E-state index is -0.782. The molecule has 5 nitrogen and oxygen atoms in total. The number of hydrogen-bond acceptors (Lipinski definition) is 2. The molecule has 1 heterocycles. The number of nitrogens with one attached hydrogen (secondary N) is 1. The minimum Gasteiger partial charge on any atom is -0.481 e. The average Bonchev–Trinajstić information content (AvgIpc) is 3.26. The molecule has 0 aromatic rings. The molecule has 3 rings (SSSR count). The number of carbonyl (C=O) groups is 2. The van der Waals surface area contributed by atoms with Gasteiger partial charge in [-0.25, -0.2) is 4.79 Å². The highest BCUT2D eigenvalue weighted by atomic mass is 16.4. The summed E-state index contributed by atoms with van der Waals surface area (Å²) >= 11 is 0. The third-order valence-corrected chi connectivity index (χ3v) is 5.70. The van der Waals surface area contributed by atoms with Crippen molar-refractivity contribution in [1.29, 1.82) is 0 Å². The maximum absolute atomic E-state index is 12.4. The highest BCUT2D eigenvalue weighted by Crippen LogP contribution is 2.44. The van der Waals surface area contributed by atoms with Crippen molar-refractivity contribution in [3.63, 3.8) is 0 Å². The van der Waals surface area contributed by atoms with Crippen LogP contribution >= 0.6 is 0 Å². The van der Waals surface area contributed by atoms with Gasteiger partial charge in [-0.3, -0.25) is 4.79 Å². The summed E-state index contributed by atoms with van der Waals surface area (Å²) in [5.74, 6) is 0.528. The van der Waals surface area contributed by atoms with Crippen LogP contribution in [0.25, 0.3) is 0 Å². The van der Waals surface area contributed by atoms with E-state index in [4.69, 9.17) is 0 Å². The molecule has 0 aromatic heterocycles. The van der Waals surface area contributed by atoms with Crippen molar-refractivity contribution in [3.8, 4) is 0 Å². The molecule has 3 fully saturated rings. The number of amides is 2. The van der Waals surface area contributed by atoms with Gasteiger partial charge in [-0.2, -0.15) is 0 Å². The molecule has 0 bridgehead atoms. The summed E-state index contributed by atoms with van der Waals surface area (Å²) < 4.78 is 0. The van der Waals surface area contributed by atoms with E-state index in [1.165, 1.54) is 32.1 Å². The van der Waals surface area contributed by atoms with Crippen LogP contribution in [0.4, 0.5) is 4.79 Å². The number of likely N-dealkylation sites (tertiary alicyclic amines) is 1. The maximum atomic E-state index is 12.4. The van der Waals surface area contributed by atoms with Crippen LogP contribution < -0.4 is 5.32 Å². The predicted molar refractivity (Wildman–Crippen MR) is 83.5 cm³/mol. The fourth-order valence-electron chi connectivity index (χ4n) is 4.41. The second-order valence-electron chi connectivity index (χ2n) is 7.63. The molecule has 2 unspecified atom stereocenters. The molecule has 1 aliphatic heterocycles. The predicted octanol–water partition coefficient (Wildman–Crippen LogP) is 2.71. The third kappa shape index (κ3) is 3.55. The molecule has 1 saturated heterocycles. The Bertz CT molecular complexity index is 434. The first kappa shape index (κ1) is 15.6. The van der Waals surface area contributed by atoms with Crippen LogP contribution in [-0.4, -0.2) is 41.1 Å².